The summed E-state index contributed by atoms with van der Waals surface area (Å²) >= 11 is 5.24. The highest BCUT2D eigenvalue weighted by Crippen LogP contribution is 2.37. The van der Waals surface area contributed by atoms with Gasteiger partial charge in [0.1, 0.15) is 5.82 Å². The van der Waals surface area contributed by atoms with E-state index in [1.807, 2.05) is 0 Å². The van der Waals surface area contributed by atoms with Crippen molar-refractivity contribution in [1.29, 1.82) is 0 Å². The van der Waals surface area contributed by atoms with Crippen LogP contribution in [0.25, 0.3) is 0 Å². The molecule has 14 heavy (non-hydrogen) atoms. The molecule has 1 atom stereocenters. The molecule has 0 amide bonds. The van der Waals surface area contributed by atoms with Crippen LogP contribution in [0.5, 0.6) is 0 Å². The quantitative estimate of drug-likeness (QED) is 0.776. The Hall–Kier alpha value is -0.640. The molecule has 0 spiro atoms. The van der Waals surface area contributed by atoms with Gasteiger partial charge in [0.05, 0.1) is 0 Å². The number of aromatic nitrogens is 3. The number of nitrogens with one attached hydrogen (secondary N) is 1. The smallest absolute Gasteiger partial charge is 0.195 e. The molecule has 1 fully saturated rings. The molecule has 1 aliphatic rings. The SMILES string of the molecule is CCCC(C)c1n[nH]c(=S)n1C1CC1. The van der Waals surface area contributed by atoms with Crippen LogP contribution in [0.3, 0.4) is 0 Å². The minimum Gasteiger partial charge on any atom is -0.301 e. The Labute approximate surface area is 89.5 Å². The van der Waals surface area contributed by atoms with Gasteiger partial charge in [-0.15, -0.1) is 0 Å². The highest BCUT2D eigenvalue weighted by molar-refractivity contribution is 7.71. The van der Waals surface area contributed by atoms with E-state index in [9.17, 15) is 0 Å². The zero-order valence-corrected chi connectivity index (χ0v) is 9.60. The molecule has 1 aliphatic carbocycles. The summed E-state index contributed by atoms with van der Waals surface area (Å²) in [7, 11) is 0. The molecule has 4 heteroatoms. The highest BCUT2D eigenvalue weighted by atomic mass is 32.1. The molecule has 1 heterocycles. The van der Waals surface area contributed by atoms with Crippen molar-refractivity contribution in [3.8, 4) is 0 Å². The lowest BCUT2D eigenvalue weighted by Gasteiger charge is -2.10. The normalized spacial score (nSPS) is 18.4. The zero-order chi connectivity index (χ0) is 10.1. The predicted molar refractivity (Wildman–Crippen MR) is 59.0 cm³/mol. The van der Waals surface area contributed by atoms with E-state index in [0.29, 0.717) is 12.0 Å². The lowest BCUT2D eigenvalue weighted by atomic mass is 10.1. The molecular weight excluding hydrogens is 194 g/mol. The van der Waals surface area contributed by atoms with Crippen molar-refractivity contribution in [2.75, 3.05) is 0 Å². The van der Waals surface area contributed by atoms with Crippen molar-refractivity contribution in [2.24, 2.45) is 0 Å². The summed E-state index contributed by atoms with van der Waals surface area (Å²) in [5.41, 5.74) is 0. The van der Waals surface area contributed by atoms with Gasteiger partial charge in [-0.3, -0.25) is 5.10 Å². The number of rotatable bonds is 4. The molecule has 0 aliphatic heterocycles. The fraction of sp³-hybridized carbons (Fsp3) is 0.800. The maximum Gasteiger partial charge on any atom is 0.195 e. The largest absolute Gasteiger partial charge is 0.301 e. The van der Waals surface area contributed by atoms with Gasteiger partial charge in [0.15, 0.2) is 4.77 Å². The molecule has 0 aromatic carbocycles. The van der Waals surface area contributed by atoms with E-state index in [4.69, 9.17) is 12.2 Å². The minimum atomic E-state index is 0.522. The Morgan fingerprint density at radius 2 is 2.36 bits per heavy atom. The van der Waals surface area contributed by atoms with Gasteiger partial charge >= 0.3 is 0 Å². The minimum absolute atomic E-state index is 0.522. The average molecular weight is 211 g/mol. The number of H-pyrrole nitrogens is 1. The van der Waals surface area contributed by atoms with Crippen molar-refractivity contribution < 1.29 is 0 Å². The summed E-state index contributed by atoms with van der Waals surface area (Å²) in [6.45, 7) is 4.44. The monoisotopic (exact) mass is 211 g/mol. The number of hydrogen-bond acceptors (Lipinski definition) is 2. The third kappa shape index (κ3) is 1.75. The van der Waals surface area contributed by atoms with E-state index in [-0.39, 0.29) is 0 Å². The van der Waals surface area contributed by atoms with E-state index in [1.54, 1.807) is 0 Å². The predicted octanol–water partition coefficient (Wildman–Crippen LogP) is 3.18. The van der Waals surface area contributed by atoms with Crippen molar-refractivity contribution in [2.45, 2.75) is 51.5 Å². The molecule has 0 saturated heterocycles. The van der Waals surface area contributed by atoms with Crippen LogP contribution in [-0.2, 0) is 0 Å². The van der Waals surface area contributed by atoms with Crippen molar-refractivity contribution in [1.82, 2.24) is 14.8 Å². The van der Waals surface area contributed by atoms with Gasteiger partial charge in [0.25, 0.3) is 0 Å². The molecule has 1 N–H and O–H groups in total. The Morgan fingerprint density at radius 1 is 1.64 bits per heavy atom. The van der Waals surface area contributed by atoms with E-state index in [2.05, 4.69) is 28.6 Å². The van der Waals surface area contributed by atoms with Gasteiger partial charge < -0.3 is 4.57 Å². The van der Waals surface area contributed by atoms with Crippen LogP contribution >= 0.6 is 12.2 Å². The molecule has 3 nitrogen and oxygen atoms in total. The summed E-state index contributed by atoms with van der Waals surface area (Å²) in [6, 6.07) is 0.635. The first kappa shape index (κ1) is 9.90. The van der Waals surface area contributed by atoms with Gasteiger partial charge in [0, 0.05) is 12.0 Å². The average Bonchev–Trinajstić information content (AvgIpc) is 2.90. The number of hydrogen-bond donors (Lipinski definition) is 1. The lowest BCUT2D eigenvalue weighted by Crippen LogP contribution is -2.05. The second-order valence-corrected chi connectivity index (χ2v) is 4.56. The maximum atomic E-state index is 5.24. The zero-order valence-electron chi connectivity index (χ0n) is 8.79. The fourth-order valence-corrected chi connectivity index (χ4v) is 2.20. The van der Waals surface area contributed by atoms with Crippen LogP contribution < -0.4 is 0 Å². The summed E-state index contributed by atoms with van der Waals surface area (Å²) < 4.78 is 3.01. The van der Waals surface area contributed by atoms with Crippen molar-refractivity contribution in [3.05, 3.63) is 10.6 Å². The Morgan fingerprint density at radius 3 is 2.93 bits per heavy atom. The Bertz CT molecular complexity index is 362. The molecule has 0 bridgehead atoms. The topological polar surface area (TPSA) is 33.6 Å². The van der Waals surface area contributed by atoms with Crippen molar-refractivity contribution >= 4 is 12.2 Å². The van der Waals surface area contributed by atoms with Crippen molar-refractivity contribution in [3.63, 3.8) is 0 Å². The number of nitrogens with zero attached hydrogens (tertiary/aromatic N) is 2. The molecule has 1 saturated carbocycles. The second kappa shape index (κ2) is 3.85. The van der Waals surface area contributed by atoms with Gasteiger partial charge in [-0.2, -0.15) is 5.10 Å². The van der Waals surface area contributed by atoms with Gasteiger partial charge in [0.2, 0.25) is 0 Å². The highest BCUT2D eigenvalue weighted by Gasteiger charge is 2.28. The van der Waals surface area contributed by atoms with Crippen LogP contribution in [0.4, 0.5) is 0 Å². The molecule has 0 radical (unpaired) electrons. The van der Waals surface area contributed by atoms with Gasteiger partial charge in [-0.05, 0) is 31.5 Å². The van der Waals surface area contributed by atoms with E-state index < -0.39 is 0 Å². The summed E-state index contributed by atoms with van der Waals surface area (Å²) in [6.07, 6.45) is 4.91. The lowest BCUT2D eigenvalue weighted by molar-refractivity contribution is 0.569. The van der Waals surface area contributed by atoms with Crippen LogP contribution in [0, 0.1) is 4.77 Å². The first-order valence-electron chi connectivity index (χ1n) is 5.40. The standard InChI is InChI=1S/C10H17N3S/c1-3-4-7(2)9-11-12-10(14)13(9)8-5-6-8/h7-8H,3-6H2,1-2H3,(H,12,14). The molecular formula is C10H17N3S. The molecule has 78 valence electrons. The van der Waals surface area contributed by atoms with Crippen LogP contribution in [-0.4, -0.2) is 14.8 Å². The molecule has 1 aromatic heterocycles. The van der Waals surface area contributed by atoms with Crippen LogP contribution in [0.1, 0.15) is 57.3 Å². The molecule has 1 aromatic rings. The van der Waals surface area contributed by atoms with Crippen LogP contribution in [0.15, 0.2) is 0 Å². The first-order chi connectivity index (χ1) is 6.74. The van der Waals surface area contributed by atoms with E-state index in [0.717, 1.165) is 10.6 Å². The number of aromatic amines is 1. The Kier molecular flexibility index (Phi) is 2.72. The van der Waals surface area contributed by atoms with E-state index >= 15 is 0 Å². The van der Waals surface area contributed by atoms with Gasteiger partial charge in [-0.25, -0.2) is 0 Å². The maximum absolute atomic E-state index is 5.24. The molecule has 1 unspecified atom stereocenters. The fourth-order valence-electron chi connectivity index (χ4n) is 1.91. The summed E-state index contributed by atoms with van der Waals surface area (Å²) in [4.78, 5) is 0. The second-order valence-electron chi connectivity index (χ2n) is 4.18. The summed E-state index contributed by atoms with van der Waals surface area (Å²) in [5.74, 6) is 1.67. The molecule has 2 rings (SSSR count). The third-order valence-corrected chi connectivity index (χ3v) is 3.09. The van der Waals surface area contributed by atoms with Gasteiger partial charge in [-0.1, -0.05) is 20.3 Å². The first-order valence-corrected chi connectivity index (χ1v) is 5.81. The Balaban J connectivity index is 2.27. The third-order valence-electron chi connectivity index (χ3n) is 2.81. The van der Waals surface area contributed by atoms with E-state index in [1.165, 1.54) is 25.7 Å². The van der Waals surface area contributed by atoms with Crippen LogP contribution in [0.2, 0.25) is 0 Å². The summed E-state index contributed by atoms with van der Waals surface area (Å²) in [5, 5.41) is 7.25.